The Bertz CT molecular complexity index is 1460. The van der Waals surface area contributed by atoms with Gasteiger partial charge in [0.15, 0.2) is 17.3 Å². The third-order valence-corrected chi connectivity index (χ3v) is 7.98. The van der Waals surface area contributed by atoms with Crippen LogP contribution < -0.4 is 15.2 Å². The highest BCUT2D eigenvalue weighted by Gasteiger charge is 2.44. The van der Waals surface area contributed by atoms with Gasteiger partial charge in [-0.15, -0.1) is 0 Å². The monoisotopic (exact) mass is 652 g/mol. The van der Waals surface area contributed by atoms with Gasteiger partial charge in [0.1, 0.15) is 12.4 Å². The van der Waals surface area contributed by atoms with Crippen LogP contribution in [0.25, 0.3) is 0 Å². The smallest absolute Gasteiger partial charge is 0.174 e. The molecule has 2 aromatic rings. The number of nitrogens with zero attached hydrogens (tertiary/aromatic N) is 3. The first kappa shape index (κ1) is 29.4. The molecule has 0 bridgehead atoms. The summed E-state index contributed by atoms with van der Waals surface area (Å²) in [5.41, 5.74) is 10.2. The van der Waals surface area contributed by atoms with E-state index in [0.717, 1.165) is 20.4 Å². The molecular formula is C31H33IN4O4. The van der Waals surface area contributed by atoms with E-state index in [1.165, 1.54) is 0 Å². The number of Topliss-reactive ketones (excluding diaryl/α,β-unsaturated/α-hetero) is 1. The number of ketones is 1. The highest BCUT2D eigenvalue weighted by Crippen LogP contribution is 2.50. The van der Waals surface area contributed by atoms with E-state index in [1.54, 1.807) is 13.2 Å². The van der Waals surface area contributed by atoms with Crippen molar-refractivity contribution >= 4 is 28.4 Å². The molecule has 0 spiro atoms. The molecular weight excluding hydrogens is 619 g/mol. The van der Waals surface area contributed by atoms with Crippen LogP contribution in [0, 0.1) is 31.6 Å². The van der Waals surface area contributed by atoms with Crippen LogP contribution >= 0.6 is 22.6 Å². The normalized spacial score (nSPS) is 18.2. The number of nitriles is 2. The van der Waals surface area contributed by atoms with Gasteiger partial charge in [-0.25, -0.2) is 0 Å². The Labute approximate surface area is 249 Å². The number of hydrogen-bond donors (Lipinski definition) is 1. The van der Waals surface area contributed by atoms with Crippen molar-refractivity contribution in [3.63, 3.8) is 0 Å². The van der Waals surface area contributed by atoms with Gasteiger partial charge in [0.2, 0.25) is 0 Å². The molecule has 40 heavy (non-hydrogen) atoms. The van der Waals surface area contributed by atoms with Gasteiger partial charge in [0.05, 0.1) is 46.0 Å². The van der Waals surface area contributed by atoms with Crippen LogP contribution in [0.4, 0.5) is 0 Å². The summed E-state index contributed by atoms with van der Waals surface area (Å²) in [5.74, 6) is 0.776. The van der Waals surface area contributed by atoms with Gasteiger partial charge in [-0.1, -0.05) is 32.0 Å². The molecule has 1 aliphatic heterocycles. The van der Waals surface area contributed by atoms with E-state index in [0.29, 0.717) is 66.6 Å². The second-order valence-corrected chi connectivity index (χ2v) is 11.8. The number of methoxy groups -OCH3 is 1. The Morgan fingerprint density at radius 3 is 2.58 bits per heavy atom. The van der Waals surface area contributed by atoms with Crippen LogP contribution in [0.1, 0.15) is 56.2 Å². The number of ether oxygens (including phenoxy) is 3. The molecule has 0 saturated carbocycles. The van der Waals surface area contributed by atoms with Crippen molar-refractivity contribution in [2.45, 2.75) is 46.1 Å². The van der Waals surface area contributed by atoms with Crippen molar-refractivity contribution in [2.24, 2.45) is 11.1 Å². The highest BCUT2D eigenvalue weighted by atomic mass is 127. The summed E-state index contributed by atoms with van der Waals surface area (Å²) in [5, 5.41) is 19.8. The van der Waals surface area contributed by atoms with Gasteiger partial charge in [0, 0.05) is 36.9 Å². The van der Waals surface area contributed by atoms with Crippen molar-refractivity contribution in [2.75, 3.05) is 26.9 Å². The van der Waals surface area contributed by atoms with Crippen LogP contribution in [0.15, 0.2) is 59.1 Å². The topological polar surface area (TPSA) is 122 Å². The van der Waals surface area contributed by atoms with Crippen molar-refractivity contribution in [3.8, 4) is 23.6 Å². The van der Waals surface area contributed by atoms with Crippen molar-refractivity contribution in [3.05, 3.63) is 79.3 Å². The van der Waals surface area contributed by atoms with E-state index in [1.807, 2.05) is 42.2 Å². The molecule has 0 aromatic heterocycles. The first-order valence-corrected chi connectivity index (χ1v) is 14.2. The molecule has 0 amide bonds. The SMILES string of the molecule is CCOc1cc([C@@H]2C(C#N)=C(N)N(CCOC)C3=C2C(=O)CC(C)(C)C3)cc(I)c1OCc1ccccc1C#N. The predicted molar refractivity (Wildman–Crippen MR) is 159 cm³/mol. The van der Waals surface area contributed by atoms with Gasteiger partial charge < -0.3 is 24.8 Å². The summed E-state index contributed by atoms with van der Waals surface area (Å²) in [7, 11) is 1.61. The second kappa shape index (κ2) is 12.3. The zero-order chi connectivity index (χ0) is 29.0. The Morgan fingerprint density at radius 2 is 1.90 bits per heavy atom. The number of carbonyl (C=O) groups excluding carboxylic acids is 1. The van der Waals surface area contributed by atoms with Crippen LogP contribution in [0.2, 0.25) is 0 Å². The fourth-order valence-corrected chi connectivity index (χ4v) is 6.19. The van der Waals surface area contributed by atoms with Gasteiger partial charge in [0.25, 0.3) is 0 Å². The lowest BCUT2D eigenvalue weighted by Crippen LogP contribution is -2.43. The summed E-state index contributed by atoms with van der Waals surface area (Å²) in [6.07, 6.45) is 1.04. The number of hydrogen-bond acceptors (Lipinski definition) is 8. The average Bonchev–Trinajstić information content (AvgIpc) is 2.91. The molecule has 9 heteroatoms. The lowest BCUT2D eigenvalue weighted by molar-refractivity contribution is -0.118. The van der Waals surface area contributed by atoms with Crippen molar-refractivity contribution < 1.29 is 19.0 Å². The Kier molecular flexibility index (Phi) is 9.07. The van der Waals surface area contributed by atoms with Gasteiger partial charge in [-0.2, -0.15) is 10.5 Å². The fraction of sp³-hybridized carbons (Fsp3) is 0.387. The van der Waals surface area contributed by atoms with Gasteiger partial charge in [-0.3, -0.25) is 4.79 Å². The largest absolute Gasteiger partial charge is 0.490 e. The van der Waals surface area contributed by atoms with E-state index >= 15 is 0 Å². The number of halogens is 1. The number of nitrogens with two attached hydrogens (primary N) is 1. The minimum atomic E-state index is -0.622. The van der Waals surface area contributed by atoms with Crippen LogP contribution in [0.5, 0.6) is 11.5 Å². The summed E-state index contributed by atoms with van der Waals surface area (Å²) in [6, 6.07) is 15.6. The molecule has 2 aliphatic rings. The molecule has 4 rings (SSSR count). The maximum atomic E-state index is 13.7. The first-order valence-electron chi connectivity index (χ1n) is 13.1. The average molecular weight is 653 g/mol. The number of rotatable bonds is 9. The van der Waals surface area contributed by atoms with E-state index < -0.39 is 5.92 Å². The number of benzene rings is 2. The predicted octanol–water partition coefficient (Wildman–Crippen LogP) is 5.52. The van der Waals surface area contributed by atoms with Crippen molar-refractivity contribution in [1.29, 1.82) is 10.5 Å². The van der Waals surface area contributed by atoms with E-state index in [9.17, 15) is 15.3 Å². The van der Waals surface area contributed by atoms with Crippen LogP contribution in [0.3, 0.4) is 0 Å². The Morgan fingerprint density at radius 1 is 1.15 bits per heavy atom. The molecule has 8 nitrogen and oxygen atoms in total. The summed E-state index contributed by atoms with van der Waals surface area (Å²) in [6.45, 7) is 7.47. The molecule has 0 radical (unpaired) electrons. The first-order chi connectivity index (χ1) is 19.1. The molecule has 0 unspecified atom stereocenters. The third kappa shape index (κ3) is 5.81. The lowest BCUT2D eigenvalue weighted by atomic mass is 9.68. The standard InChI is InChI=1S/C31H33IN4O4/c1-5-39-26-13-21(12-23(32)29(26)40-18-20-9-7-6-8-19(20)16-33)27-22(17-34)30(35)36(10-11-38-4)24-14-31(2,3)15-25(37)28(24)27/h6-9,12-13,27H,5,10-11,14-15,18,35H2,1-4H3/t27-/m1/s1. The number of allylic oxidation sites excluding steroid dienone is 3. The van der Waals surface area contributed by atoms with E-state index in [2.05, 4.69) is 48.6 Å². The maximum absolute atomic E-state index is 13.7. The minimum Gasteiger partial charge on any atom is -0.490 e. The molecule has 0 fully saturated rings. The zero-order valence-corrected chi connectivity index (χ0v) is 25.4. The molecule has 2 N–H and O–H groups in total. The summed E-state index contributed by atoms with van der Waals surface area (Å²) in [4.78, 5) is 15.6. The van der Waals surface area contributed by atoms with Crippen molar-refractivity contribution in [1.82, 2.24) is 4.90 Å². The maximum Gasteiger partial charge on any atom is 0.174 e. The Hall–Kier alpha value is -3.54. The minimum absolute atomic E-state index is 0.0142. The Balaban J connectivity index is 1.82. The van der Waals surface area contributed by atoms with Crippen LogP contribution in [-0.4, -0.2) is 37.6 Å². The van der Waals surface area contributed by atoms with E-state index in [4.69, 9.17) is 19.9 Å². The molecule has 208 valence electrons. The lowest BCUT2D eigenvalue weighted by Gasteiger charge is -2.43. The van der Waals surface area contributed by atoms with Gasteiger partial charge >= 0.3 is 0 Å². The zero-order valence-electron chi connectivity index (χ0n) is 23.2. The highest BCUT2D eigenvalue weighted by molar-refractivity contribution is 14.1. The molecule has 1 aliphatic carbocycles. The third-order valence-electron chi connectivity index (χ3n) is 7.18. The molecule has 1 atom stereocenters. The molecule has 2 aromatic carbocycles. The summed E-state index contributed by atoms with van der Waals surface area (Å²) >= 11 is 2.19. The number of carbonyl (C=O) groups is 1. The summed E-state index contributed by atoms with van der Waals surface area (Å²) < 4.78 is 18.3. The molecule has 0 saturated heterocycles. The van der Waals surface area contributed by atoms with Crippen LogP contribution in [-0.2, 0) is 16.1 Å². The second-order valence-electron chi connectivity index (χ2n) is 10.6. The molecule has 1 heterocycles. The quantitative estimate of drug-likeness (QED) is 0.352. The van der Waals surface area contributed by atoms with E-state index in [-0.39, 0.29) is 17.8 Å². The van der Waals surface area contributed by atoms with Gasteiger partial charge in [-0.05, 0) is 65.1 Å². The fourth-order valence-electron chi connectivity index (χ4n) is 5.41.